The number of likely N-dealkylation sites (tertiary alicyclic amines) is 1. The van der Waals surface area contributed by atoms with Gasteiger partial charge in [0.2, 0.25) is 0 Å². The number of benzene rings is 2. The Morgan fingerprint density at radius 2 is 1.96 bits per heavy atom. The molecule has 0 spiro atoms. The number of fused-ring (bicyclic) bond motifs is 1. The molecule has 140 valence electrons. The van der Waals surface area contributed by atoms with E-state index in [1.807, 2.05) is 12.1 Å². The highest BCUT2D eigenvalue weighted by Crippen LogP contribution is 2.29. The zero-order valence-corrected chi connectivity index (χ0v) is 15.1. The van der Waals surface area contributed by atoms with Crippen molar-refractivity contribution in [2.24, 2.45) is 0 Å². The lowest BCUT2D eigenvalue weighted by Gasteiger charge is -2.31. The van der Waals surface area contributed by atoms with Gasteiger partial charge in [0.15, 0.2) is 0 Å². The molecule has 27 heavy (non-hydrogen) atoms. The number of carbonyl (C=O) groups excluding carboxylic acids is 1. The van der Waals surface area contributed by atoms with Gasteiger partial charge in [-0.2, -0.15) is 0 Å². The molecule has 1 aliphatic rings. The van der Waals surface area contributed by atoms with Gasteiger partial charge in [-0.15, -0.1) is 0 Å². The lowest BCUT2D eigenvalue weighted by molar-refractivity contribution is 0.193. The molecule has 1 saturated heterocycles. The molecule has 1 fully saturated rings. The Morgan fingerprint density at radius 3 is 2.70 bits per heavy atom. The number of H-pyrrole nitrogens is 1. The summed E-state index contributed by atoms with van der Waals surface area (Å²) in [6, 6.07) is 8.19. The molecule has 2 N–H and O–H groups in total. The van der Waals surface area contributed by atoms with E-state index >= 15 is 0 Å². The molecule has 3 aromatic rings. The van der Waals surface area contributed by atoms with Gasteiger partial charge in [0.25, 0.3) is 0 Å². The SMILES string of the molecule is O=C(Nc1ccc(F)cc1F)N1CCC(c2nc3ccc(Cl)cc3[nH]2)CC1. The van der Waals surface area contributed by atoms with Gasteiger partial charge in [-0.1, -0.05) is 11.6 Å². The maximum absolute atomic E-state index is 13.7. The summed E-state index contributed by atoms with van der Waals surface area (Å²) in [7, 11) is 0. The number of halogens is 3. The van der Waals surface area contributed by atoms with Gasteiger partial charge in [-0.05, 0) is 43.2 Å². The lowest BCUT2D eigenvalue weighted by atomic mass is 9.96. The summed E-state index contributed by atoms with van der Waals surface area (Å²) in [5.41, 5.74) is 1.73. The van der Waals surface area contributed by atoms with Crippen LogP contribution >= 0.6 is 11.6 Å². The Balaban J connectivity index is 1.39. The van der Waals surface area contributed by atoms with E-state index in [1.54, 1.807) is 11.0 Å². The van der Waals surface area contributed by atoms with Crippen molar-refractivity contribution in [3.63, 3.8) is 0 Å². The second kappa shape index (κ2) is 7.15. The van der Waals surface area contributed by atoms with Crippen molar-refractivity contribution in [3.8, 4) is 0 Å². The molecular weight excluding hydrogens is 374 g/mol. The zero-order chi connectivity index (χ0) is 19.0. The van der Waals surface area contributed by atoms with E-state index in [4.69, 9.17) is 11.6 Å². The summed E-state index contributed by atoms with van der Waals surface area (Å²) >= 11 is 6.01. The molecule has 0 bridgehead atoms. The minimum atomic E-state index is -0.792. The molecule has 0 atom stereocenters. The molecule has 0 unspecified atom stereocenters. The molecule has 2 aromatic carbocycles. The van der Waals surface area contributed by atoms with E-state index in [2.05, 4.69) is 15.3 Å². The van der Waals surface area contributed by atoms with Crippen molar-refractivity contribution in [1.29, 1.82) is 0 Å². The number of imidazole rings is 1. The summed E-state index contributed by atoms with van der Waals surface area (Å²) in [6.07, 6.45) is 1.49. The molecule has 0 aliphatic carbocycles. The van der Waals surface area contributed by atoms with E-state index in [0.29, 0.717) is 18.1 Å². The van der Waals surface area contributed by atoms with Crippen LogP contribution in [0.5, 0.6) is 0 Å². The average Bonchev–Trinajstić information content (AvgIpc) is 3.07. The fourth-order valence-corrected chi connectivity index (χ4v) is 3.51. The smallest absolute Gasteiger partial charge is 0.321 e. The van der Waals surface area contributed by atoms with Crippen LogP contribution in [-0.2, 0) is 0 Å². The summed E-state index contributed by atoms with van der Waals surface area (Å²) in [5.74, 6) is -0.378. The number of amides is 2. The van der Waals surface area contributed by atoms with Gasteiger partial charge >= 0.3 is 6.03 Å². The van der Waals surface area contributed by atoms with Crippen LogP contribution in [0.1, 0.15) is 24.6 Å². The number of anilines is 1. The van der Waals surface area contributed by atoms with Gasteiger partial charge in [-0.25, -0.2) is 18.6 Å². The van der Waals surface area contributed by atoms with Crippen molar-refractivity contribution in [3.05, 3.63) is 58.9 Å². The van der Waals surface area contributed by atoms with Gasteiger partial charge in [0.1, 0.15) is 17.5 Å². The Kier molecular flexibility index (Phi) is 4.70. The Hall–Kier alpha value is -2.67. The zero-order valence-electron chi connectivity index (χ0n) is 14.3. The summed E-state index contributed by atoms with van der Waals surface area (Å²) in [5, 5.41) is 3.15. The molecule has 1 aliphatic heterocycles. The summed E-state index contributed by atoms with van der Waals surface area (Å²) in [6.45, 7) is 1.05. The number of nitrogens with zero attached hydrogens (tertiary/aromatic N) is 2. The topological polar surface area (TPSA) is 61.0 Å². The number of aromatic nitrogens is 2. The first-order valence-corrected chi connectivity index (χ1v) is 9.03. The third-order valence-corrected chi connectivity index (χ3v) is 5.04. The predicted octanol–water partition coefficient (Wildman–Crippen LogP) is 4.91. The molecule has 2 amide bonds. The maximum Gasteiger partial charge on any atom is 0.321 e. The van der Waals surface area contributed by atoms with Crippen LogP contribution in [0.4, 0.5) is 19.3 Å². The number of carbonyl (C=O) groups is 1. The Labute approximate surface area is 159 Å². The molecular formula is C19H17ClF2N4O. The quantitative estimate of drug-likeness (QED) is 0.653. The van der Waals surface area contributed by atoms with Gasteiger partial charge in [0.05, 0.1) is 16.7 Å². The van der Waals surface area contributed by atoms with E-state index in [1.165, 1.54) is 6.07 Å². The van der Waals surface area contributed by atoms with Crippen LogP contribution in [0.15, 0.2) is 36.4 Å². The highest BCUT2D eigenvalue weighted by molar-refractivity contribution is 6.31. The molecule has 4 rings (SSSR count). The van der Waals surface area contributed by atoms with Crippen molar-refractivity contribution in [1.82, 2.24) is 14.9 Å². The van der Waals surface area contributed by atoms with E-state index in [0.717, 1.165) is 41.8 Å². The monoisotopic (exact) mass is 390 g/mol. The highest BCUT2D eigenvalue weighted by Gasteiger charge is 2.26. The minimum absolute atomic E-state index is 0.0299. The standard InChI is InChI=1S/C19H17ClF2N4O/c20-12-1-3-16-17(9-12)24-18(23-16)11-5-7-26(8-6-11)19(27)25-15-4-2-13(21)10-14(15)22/h1-4,9-11H,5-8H2,(H,23,24)(H,25,27). The highest BCUT2D eigenvalue weighted by atomic mass is 35.5. The number of piperidine rings is 1. The van der Waals surface area contributed by atoms with E-state index < -0.39 is 17.7 Å². The first-order chi connectivity index (χ1) is 13.0. The first-order valence-electron chi connectivity index (χ1n) is 8.66. The van der Waals surface area contributed by atoms with Crippen LogP contribution < -0.4 is 5.32 Å². The van der Waals surface area contributed by atoms with Crippen molar-refractivity contribution < 1.29 is 13.6 Å². The van der Waals surface area contributed by atoms with Crippen LogP contribution in [0.2, 0.25) is 5.02 Å². The third kappa shape index (κ3) is 3.73. The number of aromatic amines is 1. The van der Waals surface area contributed by atoms with Crippen LogP contribution in [-0.4, -0.2) is 34.0 Å². The first kappa shape index (κ1) is 17.7. The number of hydrogen-bond donors (Lipinski definition) is 2. The van der Waals surface area contributed by atoms with Crippen molar-refractivity contribution in [2.45, 2.75) is 18.8 Å². The molecule has 0 radical (unpaired) electrons. The van der Waals surface area contributed by atoms with Gasteiger partial charge in [-0.3, -0.25) is 0 Å². The van der Waals surface area contributed by atoms with Crippen molar-refractivity contribution >= 4 is 34.4 Å². The minimum Gasteiger partial charge on any atom is -0.342 e. The molecule has 0 saturated carbocycles. The fourth-order valence-electron chi connectivity index (χ4n) is 3.34. The summed E-state index contributed by atoms with van der Waals surface area (Å²) in [4.78, 5) is 21.9. The van der Waals surface area contributed by atoms with Gasteiger partial charge < -0.3 is 15.2 Å². The third-order valence-electron chi connectivity index (χ3n) is 4.80. The van der Waals surface area contributed by atoms with Crippen molar-refractivity contribution in [2.75, 3.05) is 18.4 Å². The number of urea groups is 1. The molecule has 8 heteroatoms. The number of nitrogens with one attached hydrogen (secondary N) is 2. The predicted molar refractivity (Wildman–Crippen MR) is 100 cm³/mol. The maximum atomic E-state index is 13.7. The molecule has 5 nitrogen and oxygen atoms in total. The number of rotatable bonds is 2. The van der Waals surface area contributed by atoms with E-state index in [9.17, 15) is 13.6 Å². The van der Waals surface area contributed by atoms with E-state index in [-0.39, 0.29) is 11.6 Å². The summed E-state index contributed by atoms with van der Waals surface area (Å²) < 4.78 is 26.7. The fraction of sp³-hybridized carbons (Fsp3) is 0.263. The second-order valence-electron chi connectivity index (χ2n) is 6.60. The Morgan fingerprint density at radius 1 is 1.19 bits per heavy atom. The largest absolute Gasteiger partial charge is 0.342 e. The lowest BCUT2D eigenvalue weighted by Crippen LogP contribution is -2.40. The number of hydrogen-bond acceptors (Lipinski definition) is 2. The van der Waals surface area contributed by atoms with Crippen LogP contribution in [0.3, 0.4) is 0 Å². The average molecular weight is 391 g/mol. The Bertz CT molecular complexity index is 999. The molecule has 1 aromatic heterocycles. The van der Waals surface area contributed by atoms with Crippen LogP contribution in [0.25, 0.3) is 11.0 Å². The molecule has 2 heterocycles. The second-order valence-corrected chi connectivity index (χ2v) is 7.04. The normalized spacial score (nSPS) is 15.3. The van der Waals surface area contributed by atoms with Crippen LogP contribution in [0, 0.1) is 11.6 Å². The van der Waals surface area contributed by atoms with Gasteiger partial charge in [0, 0.05) is 30.1 Å².